The molecule has 0 aromatic rings. The van der Waals surface area contributed by atoms with Crippen LogP contribution in [0.25, 0.3) is 0 Å². The summed E-state index contributed by atoms with van der Waals surface area (Å²) in [5.74, 6) is -0.483. The van der Waals surface area contributed by atoms with E-state index in [-0.39, 0.29) is 6.42 Å². The van der Waals surface area contributed by atoms with Gasteiger partial charge in [-0.05, 0) is 0 Å². The van der Waals surface area contributed by atoms with Crippen LogP contribution >= 0.6 is 0 Å². The molecule has 66 valence electrons. The normalized spacial score (nSPS) is 9.64. The Kier molecular flexibility index (Phi) is 7.03. The number of halogens is 1. The van der Waals surface area contributed by atoms with Crippen LogP contribution in [0.3, 0.4) is 0 Å². The lowest BCUT2D eigenvalue weighted by Gasteiger charge is -2.01. The second kappa shape index (κ2) is 7.47. The molecule has 0 heterocycles. The Balaban J connectivity index is 3.04. The Morgan fingerprint density at radius 3 is 2.73 bits per heavy atom. The minimum absolute atomic E-state index is 0.146. The number of methoxy groups -OCH3 is 1. The molecule has 0 spiro atoms. The summed E-state index contributed by atoms with van der Waals surface area (Å²) in [6.07, 6.45) is 0.515. The Labute approximate surface area is 65.5 Å². The quantitative estimate of drug-likeness (QED) is 0.432. The molecule has 0 fully saturated rings. The minimum atomic E-state index is -0.650. The summed E-state index contributed by atoms with van der Waals surface area (Å²) in [7, 11) is 1.57. The van der Waals surface area contributed by atoms with Gasteiger partial charge < -0.3 is 9.47 Å². The summed E-state index contributed by atoms with van der Waals surface area (Å²) >= 11 is 0. The van der Waals surface area contributed by atoms with Gasteiger partial charge in [0.05, 0.1) is 19.7 Å². The SMILES string of the molecule is COCCCOC(=O)CCF. The van der Waals surface area contributed by atoms with E-state index in [1.807, 2.05) is 0 Å². The number of carbonyl (C=O) groups excluding carboxylic acids is 1. The van der Waals surface area contributed by atoms with Crippen molar-refractivity contribution in [1.82, 2.24) is 0 Å². The van der Waals surface area contributed by atoms with Gasteiger partial charge in [0, 0.05) is 20.1 Å². The van der Waals surface area contributed by atoms with E-state index in [4.69, 9.17) is 4.74 Å². The van der Waals surface area contributed by atoms with Gasteiger partial charge in [0.2, 0.25) is 0 Å². The average molecular weight is 164 g/mol. The number of hydrogen-bond donors (Lipinski definition) is 0. The zero-order chi connectivity index (χ0) is 8.53. The fourth-order valence-corrected chi connectivity index (χ4v) is 0.539. The van der Waals surface area contributed by atoms with E-state index in [1.165, 1.54) is 0 Å². The molecular formula is C7H13FO3. The van der Waals surface area contributed by atoms with Crippen LogP contribution in [0.5, 0.6) is 0 Å². The van der Waals surface area contributed by atoms with Gasteiger partial charge >= 0.3 is 5.97 Å². The largest absolute Gasteiger partial charge is 0.466 e. The van der Waals surface area contributed by atoms with Crippen molar-refractivity contribution in [3.63, 3.8) is 0 Å². The van der Waals surface area contributed by atoms with Crippen molar-refractivity contribution in [2.75, 3.05) is 27.0 Å². The summed E-state index contributed by atoms with van der Waals surface area (Å²) in [5, 5.41) is 0. The van der Waals surface area contributed by atoms with Gasteiger partial charge in [-0.3, -0.25) is 9.18 Å². The first-order valence-electron chi connectivity index (χ1n) is 3.51. The summed E-state index contributed by atoms with van der Waals surface area (Å²) in [6, 6.07) is 0. The third kappa shape index (κ3) is 7.25. The first kappa shape index (κ1) is 10.4. The molecule has 0 radical (unpaired) electrons. The molecule has 0 unspecified atom stereocenters. The van der Waals surface area contributed by atoms with Gasteiger partial charge in [-0.25, -0.2) is 0 Å². The third-order valence-electron chi connectivity index (χ3n) is 1.05. The van der Waals surface area contributed by atoms with Crippen molar-refractivity contribution in [2.45, 2.75) is 12.8 Å². The molecule has 0 aliphatic carbocycles. The van der Waals surface area contributed by atoms with Gasteiger partial charge in [-0.1, -0.05) is 0 Å². The van der Waals surface area contributed by atoms with Crippen molar-refractivity contribution in [3.05, 3.63) is 0 Å². The lowest BCUT2D eigenvalue weighted by atomic mass is 10.4. The summed E-state index contributed by atoms with van der Waals surface area (Å²) in [6.45, 7) is 0.221. The van der Waals surface area contributed by atoms with Crippen LogP contribution < -0.4 is 0 Å². The monoisotopic (exact) mass is 164 g/mol. The van der Waals surface area contributed by atoms with Crippen LogP contribution in [0.15, 0.2) is 0 Å². The van der Waals surface area contributed by atoms with E-state index in [0.717, 1.165) is 0 Å². The molecule has 0 aliphatic heterocycles. The second-order valence-corrected chi connectivity index (χ2v) is 2.01. The molecule has 3 nitrogen and oxygen atoms in total. The summed E-state index contributed by atoms with van der Waals surface area (Å²) < 4.78 is 20.8. The molecule has 0 N–H and O–H groups in total. The molecule has 0 aromatic carbocycles. The molecule has 4 heteroatoms. The van der Waals surface area contributed by atoms with E-state index in [9.17, 15) is 9.18 Å². The topological polar surface area (TPSA) is 35.5 Å². The molecule has 0 amide bonds. The maximum atomic E-state index is 11.5. The first-order valence-corrected chi connectivity index (χ1v) is 3.51. The molecular weight excluding hydrogens is 151 g/mol. The maximum absolute atomic E-state index is 11.5. The molecule has 0 saturated heterocycles. The Morgan fingerprint density at radius 1 is 1.45 bits per heavy atom. The van der Waals surface area contributed by atoms with Crippen molar-refractivity contribution in [2.24, 2.45) is 0 Å². The molecule has 0 bridgehead atoms. The molecule has 0 aliphatic rings. The highest BCUT2D eigenvalue weighted by molar-refractivity contribution is 5.69. The van der Waals surface area contributed by atoms with E-state index >= 15 is 0 Å². The number of esters is 1. The minimum Gasteiger partial charge on any atom is -0.466 e. The summed E-state index contributed by atoms with van der Waals surface area (Å²) in [4.78, 5) is 10.5. The van der Waals surface area contributed by atoms with Crippen molar-refractivity contribution >= 4 is 5.97 Å². The van der Waals surface area contributed by atoms with E-state index in [1.54, 1.807) is 7.11 Å². The second-order valence-electron chi connectivity index (χ2n) is 2.01. The number of carbonyl (C=O) groups is 1. The van der Waals surface area contributed by atoms with Crippen LogP contribution in [0, 0.1) is 0 Å². The number of hydrogen-bond acceptors (Lipinski definition) is 3. The maximum Gasteiger partial charge on any atom is 0.308 e. The lowest BCUT2D eigenvalue weighted by molar-refractivity contribution is -0.144. The fraction of sp³-hybridized carbons (Fsp3) is 0.857. The standard InChI is InChI=1S/C7H13FO3/c1-10-5-2-6-11-7(9)3-4-8/h2-6H2,1H3. The predicted octanol–water partition coefficient (Wildman–Crippen LogP) is 0.926. The molecule has 11 heavy (non-hydrogen) atoms. The van der Waals surface area contributed by atoms with E-state index in [2.05, 4.69) is 4.74 Å². The van der Waals surface area contributed by atoms with Gasteiger partial charge in [0.15, 0.2) is 0 Å². The van der Waals surface area contributed by atoms with Crippen molar-refractivity contribution in [3.8, 4) is 0 Å². The Hall–Kier alpha value is -0.640. The van der Waals surface area contributed by atoms with Crippen LogP contribution in [0.2, 0.25) is 0 Å². The van der Waals surface area contributed by atoms with Crippen LogP contribution in [-0.4, -0.2) is 33.0 Å². The number of ether oxygens (including phenoxy) is 2. The molecule has 0 aromatic heterocycles. The summed E-state index contributed by atoms with van der Waals surface area (Å²) in [5.41, 5.74) is 0. The lowest BCUT2D eigenvalue weighted by Crippen LogP contribution is -2.07. The van der Waals surface area contributed by atoms with E-state index < -0.39 is 12.6 Å². The van der Waals surface area contributed by atoms with Gasteiger partial charge in [-0.2, -0.15) is 0 Å². The smallest absolute Gasteiger partial charge is 0.308 e. The van der Waals surface area contributed by atoms with Crippen LogP contribution in [0.1, 0.15) is 12.8 Å². The Morgan fingerprint density at radius 2 is 2.18 bits per heavy atom. The zero-order valence-electron chi connectivity index (χ0n) is 6.64. The average Bonchev–Trinajstić information content (AvgIpc) is 1.99. The first-order chi connectivity index (χ1) is 5.31. The predicted molar refractivity (Wildman–Crippen MR) is 38.0 cm³/mol. The Bertz CT molecular complexity index is 106. The number of alkyl halides is 1. The molecule has 0 rings (SSSR count). The molecule has 0 atom stereocenters. The van der Waals surface area contributed by atoms with Gasteiger partial charge in [0.1, 0.15) is 0 Å². The van der Waals surface area contributed by atoms with Crippen LogP contribution in [-0.2, 0) is 14.3 Å². The van der Waals surface area contributed by atoms with Crippen molar-refractivity contribution < 1.29 is 18.7 Å². The number of rotatable bonds is 6. The third-order valence-corrected chi connectivity index (χ3v) is 1.05. The van der Waals surface area contributed by atoms with Crippen LogP contribution in [0.4, 0.5) is 4.39 Å². The van der Waals surface area contributed by atoms with Crippen molar-refractivity contribution in [1.29, 1.82) is 0 Å². The highest BCUT2D eigenvalue weighted by Crippen LogP contribution is 1.89. The highest BCUT2D eigenvalue weighted by Gasteiger charge is 2.00. The zero-order valence-corrected chi connectivity index (χ0v) is 6.64. The fourth-order valence-electron chi connectivity index (χ4n) is 0.539. The van der Waals surface area contributed by atoms with E-state index in [0.29, 0.717) is 19.6 Å². The molecule has 0 saturated carbocycles. The van der Waals surface area contributed by atoms with Gasteiger partial charge in [0.25, 0.3) is 0 Å². The highest BCUT2D eigenvalue weighted by atomic mass is 19.1. The van der Waals surface area contributed by atoms with Gasteiger partial charge in [-0.15, -0.1) is 0 Å².